The van der Waals surface area contributed by atoms with Gasteiger partial charge in [-0.2, -0.15) is 4.98 Å². The van der Waals surface area contributed by atoms with Crippen molar-refractivity contribution in [2.45, 2.75) is 32.7 Å². The Morgan fingerprint density at radius 2 is 2.19 bits per heavy atom. The van der Waals surface area contributed by atoms with Crippen LogP contribution in [0.4, 0.5) is 0 Å². The van der Waals surface area contributed by atoms with Crippen LogP contribution in [0.3, 0.4) is 0 Å². The summed E-state index contributed by atoms with van der Waals surface area (Å²) in [5.74, 6) is 0.920. The number of ether oxygens (including phenoxy) is 1. The summed E-state index contributed by atoms with van der Waals surface area (Å²) in [6, 6.07) is 5.85. The molecular formula is C15H20BrN3O2. The van der Waals surface area contributed by atoms with Crippen molar-refractivity contribution in [3.05, 3.63) is 34.1 Å². The Bertz CT molecular complexity index is 611. The summed E-state index contributed by atoms with van der Waals surface area (Å²) in [6.45, 7) is 6.91. The van der Waals surface area contributed by atoms with Gasteiger partial charge in [-0.15, -0.1) is 0 Å². The maximum atomic E-state index is 6.22. The molecule has 0 aliphatic heterocycles. The Kier molecular flexibility index (Phi) is 5.13. The highest BCUT2D eigenvalue weighted by Crippen LogP contribution is 2.28. The zero-order chi connectivity index (χ0) is 15.5. The van der Waals surface area contributed by atoms with E-state index in [-0.39, 0.29) is 0 Å². The van der Waals surface area contributed by atoms with Gasteiger partial charge < -0.3 is 15.0 Å². The Morgan fingerprint density at radius 1 is 1.43 bits per heavy atom. The molecule has 1 unspecified atom stereocenters. The van der Waals surface area contributed by atoms with Crippen LogP contribution < -0.4 is 5.73 Å². The van der Waals surface area contributed by atoms with E-state index in [1.54, 1.807) is 0 Å². The van der Waals surface area contributed by atoms with Gasteiger partial charge in [0.25, 0.3) is 5.89 Å². The highest BCUT2D eigenvalue weighted by Gasteiger charge is 2.28. The van der Waals surface area contributed by atoms with E-state index in [0.717, 1.165) is 22.0 Å². The van der Waals surface area contributed by atoms with E-state index < -0.39 is 5.54 Å². The molecule has 5 nitrogen and oxygen atoms in total. The van der Waals surface area contributed by atoms with Gasteiger partial charge in [0.05, 0.1) is 6.61 Å². The fraction of sp³-hybridized carbons (Fsp3) is 0.467. The van der Waals surface area contributed by atoms with E-state index in [2.05, 4.69) is 33.0 Å². The second-order valence-electron chi connectivity index (χ2n) is 5.31. The van der Waals surface area contributed by atoms with Crippen molar-refractivity contribution in [3.63, 3.8) is 0 Å². The lowest BCUT2D eigenvalue weighted by atomic mass is 10.0. The second-order valence-corrected chi connectivity index (χ2v) is 6.16. The molecule has 2 rings (SSSR count). The van der Waals surface area contributed by atoms with Gasteiger partial charge in [-0.3, -0.25) is 0 Å². The summed E-state index contributed by atoms with van der Waals surface area (Å²) in [4.78, 5) is 4.43. The maximum absolute atomic E-state index is 6.22. The molecule has 0 radical (unpaired) electrons. The van der Waals surface area contributed by atoms with Crippen LogP contribution in [0.15, 0.2) is 27.2 Å². The molecule has 1 aromatic heterocycles. The molecular weight excluding hydrogens is 334 g/mol. The highest BCUT2D eigenvalue weighted by molar-refractivity contribution is 9.10. The number of rotatable bonds is 6. The third kappa shape index (κ3) is 3.70. The summed E-state index contributed by atoms with van der Waals surface area (Å²) in [5.41, 5.74) is 7.40. The molecule has 21 heavy (non-hydrogen) atoms. The fourth-order valence-corrected chi connectivity index (χ4v) is 2.26. The predicted molar refractivity (Wildman–Crippen MR) is 84.8 cm³/mol. The zero-order valence-electron chi connectivity index (χ0n) is 12.5. The van der Waals surface area contributed by atoms with Gasteiger partial charge >= 0.3 is 0 Å². The van der Waals surface area contributed by atoms with Crippen LogP contribution in [0.2, 0.25) is 0 Å². The first kappa shape index (κ1) is 16.1. The number of hydrogen-bond acceptors (Lipinski definition) is 5. The fourth-order valence-electron chi connectivity index (χ4n) is 1.90. The van der Waals surface area contributed by atoms with Gasteiger partial charge in [-0.05, 0) is 38.0 Å². The molecule has 0 amide bonds. The van der Waals surface area contributed by atoms with Gasteiger partial charge in [0.2, 0.25) is 0 Å². The Hall–Kier alpha value is -1.24. The van der Waals surface area contributed by atoms with Crippen LogP contribution >= 0.6 is 15.9 Å². The molecule has 0 saturated heterocycles. The van der Waals surface area contributed by atoms with Gasteiger partial charge in [0, 0.05) is 16.6 Å². The van der Waals surface area contributed by atoms with Crippen molar-refractivity contribution in [2.24, 2.45) is 5.73 Å². The third-order valence-corrected chi connectivity index (χ3v) is 4.04. The van der Waals surface area contributed by atoms with Crippen molar-refractivity contribution in [1.82, 2.24) is 10.1 Å². The Labute approximate surface area is 133 Å². The summed E-state index contributed by atoms with van der Waals surface area (Å²) >= 11 is 3.50. The molecule has 114 valence electrons. The summed E-state index contributed by atoms with van der Waals surface area (Å²) in [6.07, 6.45) is 0.949. The molecule has 1 atom stereocenters. The van der Waals surface area contributed by atoms with Crippen molar-refractivity contribution in [3.8, 4) is 11.5 Å². The minimum absolute atomic E-state index is 0.358. The van der Waals surface area contributed by atoms with E-state index in [0.29, 0.717) is 24.9 Å². The minimum Gasteiger partial charge on any atom is -0.379 e. The Morgan fingerprint density at radius 3 is 2.90 bits per heavy atom. The first-order valence-electron chi connectivity index (χ1n) is 6.92. The largest absolute Gasteiger partial charge is 0.379 e. The van der Waals surface area contributed by atoms with Gasteiger partial charge in [0.15, 0.2) is 5.82 Å². The predicted octanol–water partition coefficient (Wildman–Crippen LogP) is 3.41. The van der Waals surface area contributed by atoms with Gasteiger partial charge in [-0.1, -0.05) is 34.1 Å². The van der Waals surface area contributed by atoms with Crippen molar-refractivity contribution < 1.29 is 9.26 Å². The number of nitrogens with two attached hydrogens (primary N) is 1. The van der Waals surface area contributed by atoms with Crippen LogP contribution in [0.1, 0.15) is 31.7 Å². The van der Waals surface area contributed by atoms with Crippen LogP contribution in [-0.4, -0.2) is 23.4 Å². The number of benzene rings is 1. The number of aromatic nitrogens is 2. The molecule has 0 aliphatic carbocycles. The van der Waals surface area contributed by atoms with E-state index in [1.165, 1.54) is 0 Å². The van der Waals surface area contributed by atoms with Crippen LogP contribution in [0, 0.1) is 6.92 Å². The lowest BCUT2D eigenvalue weighted by molar-refractivity contribution is 0.0867. The average Bonchev–Trinajstić information content (AvgIpc) is 2.92. The SMILES string of the molecule is CCCOCC(C)(N)c1noc(-c2cccc(Br)c2C)n1. The lowest BCUT2D eigenvalue weighted by Gasteiger charge is -2.19. The molecule has 1 heterocycles. The van der Waals surface area contributed by atoms with Gasteiger partial charge in [-0.25, -0.2) is 0 Å². The first-order valence-corrected chi connectivity index (χ1v) is 7.71. The molecule has 6 heteroatoms. The molecule has 0 saturated carbocycles. The van der Waals surface area contributed by atoms with Crippen LogP contribution in [0.25, 0.3) is 11.5 Å². The molecule has 2 N–H and O–H groups in total. The lowest BCUT2D eigenvalue weighted by Crippen LogP contribution is -2.39. The minimum atomic E-state index is -0.767. The summed E-state index contributed by atoms with van der Waals surface area (Å²) in [5, 5.41) is 4.01. The van der Waals surface area contributed by atoms with Crippen molar-refractivity contribution >= 4 is 15.9 Å². The number of hydrogen-bond donors (Lipinski definition) is 1. The standard InChI is InChI=1S/C15H20BrN3O2/c1-4-8-20-9-15(3,17)14-18-13(21-19-14)11-6-5-7-12(16)10(11)2/h5-7H,4,8-9,17H2,1-3H3. The molecule has 2 aromatic rings. The van der Waals surface area contributed by atoms with Crippen molar-refractivity contribution in [1.29, 1.82) is 0 Å². The number of nitrogens with zero attached hydrogens (tertiary/aromatic N) is 2. The second kappa shape index (κ2) is 6.68. The molecule has 0 fully saturated rings. The smallest absolute Gasteiger partial charge is 0.258 e. The zero-order valence-corrected chi connectivity index (χ0v) is 14.1. The molecule has 0 bridgehead atoms. The van der Waals surface area contributed by atoms with Crippen LogP contribution in [-0.2, 0) is 10.3 Å². The van der Waals surface area contributed by atoms with E-state index >= 15 is 0 Å². The molecule has 0 spiro atoms. The quantitative estimate of drug-likeness (QED) is 0.805. The first-order chi connectivity index (χ1) is 9.95. The van der Waals surface area contributed by atoms with E-state index in [4.69, 9.17) is 15.0 Å². The van der Waals surface area contributed by atoms with Gasteiger partial charge in [0.1, 0.15) is 5.54 Å². The summed E-state index contributed by atoms with van der Waals surface area (Å²) in [7, 11) is 0. The maximum Gasteiger partial charge on any atom is 0.258 e. The van der Waals surface area contributed by atoms with E-state index in [1.807, 2.05) is 32.0 Å². The topological polar surface area (TPSA) is 74.2 Å². The third-order valence-electron chi connectivity index (χ3n) is 3.19. The van der Waals surface area contributed by atoms with Crippen molar-refractivity contribution in [2.75, 3.05) is 13.2 Å². The van der Waals surface area contributed by atoms with E-state index in [9.17, 15) is 0 Å². The molecule has 0 aliphatic rings. The Balaban J connectivity index is 2.23. The molecule has 1 aromatic carbocycles. The highest BCUT2D eigenvalue weighted by atomic mass is 79.9. The van der Waals surface area contributed by atoms with Crippen LogP contribution in [0.5, 0.6) is 0 Å². The summed E-state index contributed by atoms with van der Waals surface area (Å²) < 4.78 is 11.9. The monoisotopic (exact) mass is 353 g/mol. The number of halogens is 1. The average molecular weight is 354 g/mol. The normalized spacial score (nSPS) is 14.1.